The maximum absolute atomic E-state index is 12.7. The Morgan fingerprint density at radius 2 is 2.15 bits per heavy atom. The number of benzene rings is 1. The van der Waals surface area contributed by atoms with Crippen molar-refractivity contribution in [1.29, 1.82) is 0 Å². The van der Waals surface area contributed by atoms with Crippen molar-refractivity contribution < 1.29 is 24.2 Å². The molecule has 1 aromatic carbocycles. The molecule has 1 fully saturated rings. The highest BCUT2D eigenvalue weighted by atomic mass is 16.6. The zero-order chi connectivity index (χ0) is 18.4. The molecule has 1 atom stereocenters. The summed E-state index contributed by atoms with van der Waals surface area (Å²) in [6, 6.07) is 7.71. The Labute approximate surface area is 153 Å². The van der Waals surface area contributed by atoms with Crippen molar-refractivity contribution >= 4 is 11.6 Å². The zero-order valence-electron chi connectivity index (χ0n) is 15.1. The van der Waals surface area contributed by atoms with Crippen LogP contribution in [-0.2, 0) is 14.4 Å². The summed E-state index contributed by atoms with van der Waals surface area (Å²) in [5.74, 6) is 0.723. The molecule has 26 heavy (non-hydrogen) atoms. The van der Waals surface area contributed by atoms with E-state index in [1.54, 1.807) is 7.11 Å². The molecule has 2 aliphatic rings. The first-order valence-electron chi connectivity index (χ1n) is 9.01. The van der Waals surface area contributed by atoms with Gasteiger partial charge in [0, 0.05) is 38.2 Å². The highest BCUT2D eigenvalue weighted by molar-refractivity contribution is 6.03. The second-order valence-electron chi connectivity index (χ2n) is 6.75. The molecule has 1 unspecified atom stereocenters. The van der Waals surface area contributed by atoms with Gasteiger partial charge >= 0.3 is 0 Å². The molecule has 1 amide bonds. The van der Waals surface area contributed by atoms with Crippen molar-refractivity contribution in [3.05, 3.63) is 29.8 Å². The summed E-state index contributed by atoms with van der Waals surface area (Å²) in [5.41, 5.74) is 1.22. The molecule has 1 saturated heterocycles. The smallest absolute Gasteiger partial charge is 0.226 e. The molecule has 0 aliphatic carbocycles. The molecule has 2 heterocycles. The first-order valence-corrected chi connectivity index (χ1v) is 9.01. The van der Waals surface area contributed by atoms with Crippen molar-refractivity contribution in [2.75, 3.05) is 33.5 Å². The standard InChI is InChI=1S/C19H26N2O5/c1-24-17-5-3-2-4-15(17)16-12-14(26-21-16)13-19(6-10-25-11-7-19)18(23)20-8-9-22/h2-5,14,22H,6-13H2,1H3,(H,20,23). The maximum Gasteiger partial charge on any atom is 0.226 e. The Morgan fingerprint density at radius 1 is 1.38 bits per heavy atom. The Bertz CT molecular complexity index is 655. The van der Waals surface area contributed by atoms with Gasteiger partial charge in [-0.05, 0) is 25.0 Å². The molecule has 7 heteroatoms. The predicted molar refractivity (Wildman–Crippen MR) is 96.2 cm³/mol. The predicted octanol–water partition coefficient (Wildman–Crippen LogP) is 1.48. The summed E-state index contributed by atoms with van der Waals surface area (Å²) in [5, 5.41) is 16.1. The third-order valence-electron chi connectivity index (χ3n) is 5.10. The molecule has 7 nitrogen and oxygen atoms in total. The number of aliphatic hydroxyl groups excluding tert-OH is 1. The van der Waals surface area contributed by atoms with Crippen LogP contribution in [0.3, 0.4) is 0 Å². The average Bonchev–Trinajstić information content (AvgIpc) is 3.14. The van der Waals surface area contributed by atoms with Crippen molar-refractivity contribution in [2.45, 2.75) is 31.8 Å². The monoisotopic (exact) mass is 362 g/mol. The van der Waals surface area contributed by atoms with Crippen LogP contribution in [0, 0.1) is 5.41 Å². The molecule has 0 radical (unpaired) electrons. The second-order valence-corrected chi connectivity index (χ2v) is 6.75. The minimum Gasteiger partial charge on any atom is -0.496 e. The summed E-state index contributed by atoms with van der Waals surface area (Å²) >= 11 is 0. The van der Waals surface area contributed by atoms with Gasteiger partial charge in [-0.25, -0.2) is 0 Å². The van der Waals surface area contributed by atoms with Crippen molar-refractivity contribution in [3.63, 3.8) is 0 Å². The number of carbonyl (C=O) groups is 1. The van der Waals surface area contributed by atoms with E-state index in [2.05, 4.69) is 10.5 Å². The van der Waals surface area contributed by atoms with Gasteiger partial charge < -0.3 is 24.7 Å². The van der Waals surface area contributed by atoms with Crippen molar-refractivity contribution in [2.24, 2.45) is 10.6 Å². The van der Waals surface area contributed by atoms with E-state index in [0.717, 1.165) is 17.0 Å². The lowest BCUT2D eigenvalue weighted by molar-refractivity contribution is -0.140. The van der Waals surface area contributed by atoms with Gasteiger partial charge in [0.2, 0.25) is 5.91 Å². The lowest BCUT2D eigenvalue weighted by atomic mass is 9.74. The van der Waals surface area contributed by atoms with Gasteiger partial charge in [0.1, 0.15) is 11.9 Å². The molecule has 0 aromatic heterocycles. The summed E-state index contributed by atoms with van der Waals surface area (Å²) in [6.45, 7) is 1.30. The lowest BCUT2D eigenvalue weighted by Gasteiger charge is -2.36. The van der Waals surface area contributed by atoms with E-state index in [0.29, 0.717) is 38.9 Å². The summed E-state index contributed by atoms with van der Waals surface area (Å²) < 4.78 is 10.9. The summed E-state index contributed by atoms with van der Waals surface area (Å²) in [6.07, 6.45) is 2.35. The number of carbonyl (C=O) groups excluding carboxylic acids is 1. The van der Waals surface area contributed by atoms with Gasteiger partial charge in [-0.1, -0.05) is 17.3 Å². The number of ether oxygens (including phenoxy) is 2. The molecule has 3 rings (SSSR count). The fraction of sp³-hybridized carbons (Fsp3) is 0.579. The van der Waals surface area contributed by atoms with Crippen LogP contribution in [0.5, 0.6) is 5.75 Å². The highest BCUT2D eigenvalue weighted by Gasteiger charge is 2.43. The molecule has 0 spiro atoms. The number of aliphatic hydroxyl groups is 1. The first kappa shape index (κ1) is 18.7. The third kappa shape index (κ3) is 3.99. The van der Waals surface area contributed by atoms with Crippen molar-refractivity contribution in [3.8, 4) is 5.75 Å². The zero-order valence-corrected chi connectivity index (χ0v) is 15.1. The molecule has 2 aliphatic heterocycles. The van der Waals surface area contributed by atoms with Crippen LogP contribution in [0.2, 0.25) is 0 Å². The highest BCUT2D eigenvalue weighted by Crippen LogP contribution is 2.39. The quantitative estimate of drug-likeness (QED) is 0.767. The number of nitrogens with zero attached hydrogens (tertiary/aromatic N) is 1. The van der Waals surface area contributed by atoms with Crippen LogP contribution in [0.4, 0.5) is 0 Å². The number of rotatable bonds is 7. The van der Waals surface area contributed by atoms with E-state index in [-0.39, 0.29) is 25.2 Å². The molecule has 2 N–H and O–H groups in total. The van der Waals surface area contributed by atoms with Crippen LogP contribution in [0.15, 0.2) is 29.4 Å². The SMILES string of the molecule is COc1ccccc1C1=NOC(CC2(C(=O)NCCO)CCOCC2)C1. The van der Waals surface area contributed by atoms with Crippen LogP contribution in [0.25, 0.3) is 0 Å². The minimum atomic E-state index is -0.538. The second kappa shape index (κ2) is 8.51. The van der Waals surface area contributed by atoms with Gasteiger partial charge in [-0.2, -0.15) is 0 Å². The number of hydrogen-bond acceptors (Lipinski definition) is 6. The number of methoxy groups -OCH3 is 1. The van der Waals surface area contributed by atoms with Crippen LogP contribution < -0.4 is 10.1 Å². The van der Waals surface area contributed by atoms with Crippen LogP contribution in [0.1, 0.15) is 31.2 Å². The van der Waals surface area contributed by atoms with Gasteiger partial charge in [-0.15, -0.1) is 0 Å². The largest absolute Gasteiger partial charge is 0.496 e. The summed E-state index contributed by atoms with van der Waals surface area (Å²) in [4.78, 5) is 18.4. The normalized spacial score (nSPS) is 21.6. The van der Waals surface area contributed by atoms with Crippen LogP contribution >= 0.6 is 0 Å². The van der Waals surface area contributed by atoms with E-state index < -0.39 is 5.41 Å². The molecule has 142 valence electrons. The maximum atomic E-state index is 12.7. The number of hydrogen-bond donors (Lipinski definition) is 2. The van der Waals surface area contributed by atoms with Gasteiger partial charge in [0.15, 0.2) is 0 Å². The molecule has 1 aromatic rings. The van der Waals surface area contributed by atoms with Gasteiger partial charge in [0.25, 0.3) is 0 Å². The summed E-state index contributed by atoms with van der Waals surface area (Å²) in [7, 11) is 1.63. The van der Waals surface area contributed by atoms with Gasteiger partial charge in [0.05, 0.1) is 24.8 Å². The number of nitrogens with one attached hydrogen (secondary N) is 1. The first-order chi connectivity index (χ1) is 12.7. The fourth-order valence-electron chi connectivity index (χ4n) is 3.66. The molecule has 0 saturated carbocycles. The van der Waals surface area contributed by atoms with Crippen molar-refractivity contribution in [1.82, 2.24) is 5.32 Å². The van der Waals surface area contributed by atoms with E-state index >= 15 is 0 Å². The van der Waals surface area contributed by atoms with Gasteiger partial charge in [-0.3, -0.25) is 4.79 Å². The Hall–Kier alpha value is -2.12. The van der Waals surface area contributed by atoms with E-state index in [4.69, 9.17) is 19.4 Å². The minimum absolute atomic E-state index is 0.0378. The van der Waals surface area contributed by atoms with E-state index in [1.165, 1.54) is 0 Å². The fourth-order valence-corrected chi connectivity index (χ4v) is 3.66. The van der Waals surface area contributed by atoms with E-state index in [9.17, 15) is 4.79 Å². The van der Waals surface area contributed by atoms with Crippen LogP contribution in [-0.4, -0.2) is 56.3 Å². The lowest BCUT2D eigenvalue weighted by Crippen LogP contribution is -2.47. The number of amides is 1. The molecule has 0 bridgehead atoms. The Kier molecular flexibility index (Phi) is 6.11. The molecular formula is C19H26N2O5. The van der Waals surface area contributed by atoms with E-state index in [1.807, 2.05) is 24.3 Å². The topological polar surface area (TPSA) is 89.4 Å². The number of oxime groups is 1. The molecular weight excluding hydrogens is 336 g/mol. The third-order valence-corrected chi connectivity index (χ3v) is 5.10. The Balaban J connectivity index is 1.69. The Morgan fingerprint density at radius 3 is 2.88 bits per heavy atom. The average molecular weight is 362 g/mol. The number of para-hydroxylation sites is 1.